The predicted octanol–water partition coefficient (Wildman–Crippen LogP) is 3.67. The molecule has 1 aliphatic heterocycles. The zero-order valence-electron chi connectivity index (χ0n) is 7.42. The Bertz CT molecular complexity index is 258. The molecule has 1 heteroatoms. The van der Waals surface area contributed by atoms with Crippen LogP contribution in [0.3, 0.4) is 0 Å². The number of hydrogen-bond donors (Lipinski definition) is 0. The van der Waals surface area contributed by atoms with Crippen LogP contribution in [0.2, 0.25) is 0 Å². The van der Waals surface area contributed by atoms with Gasteiger partial charge in [-0.1, -0.05) is 38.0 Å². The van der Waals surface area contributed by atoms with E-state index in [1.165, 1.54) is 29.7 Å². The van der Waals surface area contributed by atoms with Gasteiger partial charge in [0.05, 0.1) is 0 Å². The summed E-state index contributed by atoms with van der Waals surface area (Å²) in [7, 11) is 0. The molecule has 0 aromatic rings. The van der Waals surface area contributed by atoms with E-state index in [9.17, 15) is 0 Å². The molecule has 12 heavy (non-hydrogen) atoms. The lowest BCUT2D eigenvalue weighted by molar-refractivity contribution is 0.740. The highest BCUT2D eigenvalue weighted by Crippen LogP contribution is 2.41. The van der Waals surface area contributed by atoms with Gasteiger partial charge in [0.2, 0.25) is 0 Å². The normalized spacial score (nSPS) is 25.6. The maximum atomic E-state index is 2.41. The average Bonchev–Trinajstić information content (AvgIpc) is 2.58. The highest BCUT2D eigenvalue weighted by molar-refractivity contribution is 8.04. The minimum Gasteiger partial charge on any atom is -0.118 e. The molecule has 0 saturated carbocycles. The third-order valence-corrected chi connectivity index (χ3v) is 3.59. The standard InChI is InChI=1S/C11H14S/c1-2-3-6-10-8-9-5-4-7-11(9)12-10/h4-5,7-8,10H,2-3,6H2,1H3. The molecule has 0 spiro atoms. The molecule has 0 aromatic heterocycles. The van der Waals surface area contributed by atoms with Gasteiger partial charge in [0.15, 0.2) is 0 Å². The number of thioether (sulfide) groups is 1. The molecule has 1 atom stereocenters. The number of unbranched alkanes of at least 4 members (excludes halogenated alkanes) is 1. The van der Waals surface area contributed by atoms with Crippen molar-refractivity contribution >= 4 is 11.8 Å². The second kappa shape index (κ2) is 3.53. The second-order valence-electron chi connectivity index (χ2n) is 3.31. The third kappa shape index (κ3) is 1.51. The van der Waals surface area contributed by atoms with Gasteiger partial charge in [-0.25, -0.2) is 0 Å². The highest BCUT2D eigenvalue weighted by atomic mass is 32.2. The molecule has 0 nitrogen and oxygen atoms in total. The fourth-order valence-electron chi connectivity index (χ4n) is 1.61. The first kappa shape index (κ1) is 8.18. The first-order valence-corrected chi connectivity index (χ1v) is 5.55. The van der Waals surface area contributed by atoms with Crippen molar-refractivity contribution in [1.82, 2.24) is 0 Å². The number of rotatable bonds is 3. The van der Waals surface area contributed by atoms with Crippen LogP contribution in [0.5, 0.6) is 0 Å². The first-order chi connectivity index (χ1) is 5.90. The minimum absolute atomic E-state index is 0.760. The third-order valence-electron chi connectivity index (χ3n) is 2.29. The summed E-state index contributed by atoms with van der Waals surface area (Å²) in [5, 5.41) is 0.760. The van der Waals surface area contributed by atoms with E-state index in [2.05, 4.69) is 31.2 Å². The van der Waals surface area contributed by atoms with Gasteiger partial charge < -0.3 is 0 Å². The molecule has 0 saturated heterocycles. The summed E-state index contributed by atoms with van der Waals surface area (Å²) in [6.45, 7) is 2.26. The van der Waals surface area contributed by atoms with Crippen molar-refractivity contribution in [1.29, 1.82) is 0 Å². The van der Waals surface area contributed by atoms with E-state index in [0.717, 1.165) is 5.25 Å². The summed E-state index contributed by atoms with van der Waals surface area (Å²) in [6, 6.07) is 0. The van der Waals surface area contributed by atoms with Gasteiger partial charge in [0, 0.05) is 10.2 Å². The Labute approximate surface area is 78.4 Å². The van der Waals surface area contributed by atoms with Crippen molar-refractivity contribution < 1.29 is 0 Å². The molecule has 1 aliphatic carbocycles. The van der Waals surface area contributed by atoms with Crippen LogP contribution in [-0.2, 0) is 0 Å². The maximum absolute atomic E-state index is 2.41. The molecular formula is C11H14S. The molecule has 1 unspecified atom stereocenters. The molecule has 2 aliphatic rings. The summed E-state index contributed by atoms with van der Waals surface area (Å²) in [4.78, 5) is 1.48. The Morgan fingerprint density at radius 1 is 1.50 bits per heavy atom. The Morgan fingerprint density at radius 3 is 3.17 bits per heavy atom. The highest BCUT2D eigenvalue weighted by Gasteiger charge is 2.20. The molecule has 1 heterocycles. The van der Waals surface area contributed by atoms with Crippen LogP contribution in [0, 0.1) is 0 Å². The Balaban J connectivity index is 1.94. The van der Waals surface area contributed by atoms with Gasteiger partial charge in [-0.05, 0) is 18.1 Å². The van der Waals surface area contributed by atoms with Crippen molar-refractivity contribution in [3.8, 4) is 0 Å². The van der Waals surface area contributed by atoms with Crippen LogP contribution in [0.25, 0.3) is 0 Å². The molecule has 0 radical (unpaired) electrons. The van der Waals surface area contributed by atoms with Crippen molar-refractivity contribution in [3.05, 3.63) is 34.8 Å². The Morgan fingerprint density at radius 2 is 2.42 bits per heavy atom. The van der Waals surface area contributed by atoms with Crippen LogP contribution in [0.1, 0.15) is 26.2 Å². The molecule has 0 bridgehead atoms. The predicted molar refractivity (Wildman–Crippen MR) is 56.2 cm³/mol. The maximum Gasteiger partial charge on any atom is 0.0283 e. The van der Waals surface area contributed by atoms with Crippen LogP contribution in [0.4, 0.5) is 0 Å². The SMILES string of the molecule is CCCCC1C=C2C=CC=C2S1. The molecule has 0 aromatic carbocycles. The van der Waals surface area contributed by atoms with Crippen molar-refractivity contribution in [2.75, 3.05) is 0 Å². The summed E-state index contributed by atoms with van der Waals surface area (Å²) < 4.78 is 0. The Hall–Kier alpha value is -0.430. The fraction of sp³-hybridized carbons (Fsp3) is 0.455. The lowest BCUT2D eigenvalue weighted by Gasteiger charge is -2.04. The van der Waals surface area contributed by atoms with E-state index in [1.54, 1.807) is 0 Å². The van der Waals surface area contributed by atoms with Crippen molar-refractivity contribution in [2.24, 2.45) is 0 Å². The van der Waals surface area contributed by atoms with Gasteiger partial charge in [0.1, 0.15) is 0 Å². The number of allylic oxidation sites excluding steroid dienone is 4. The lowest BCUT2D eigenvalue weighted by atomic mass is 10.1. The number of hydrogen-bond acceptors (Lipinski definition) is 1. The summed E-state index contributed by atoms with van der Waals surface area (Å²) >= 11 is 2.03. The molecule has 2 rings (SSSR count). The zero-order valence-corrected chi connectivity index (χ0v) is 8.23. The van der Waals surface area contributed by atoms with E-state index in [1.807, 2.05) is 11.8 Å². The van der Waals surface area contributed by atoms with Crippen LogP contribution >= 0.6 is 11.8 Å². The van der Waals surface area contributed by atoms with Crippen molar-refractivity contribution in [2.45, 2.75) is 31.4 Å². The minimum atomic E-state index is 0.760. The van der Waals surface area contributed by atoms with Crippen molar-refractivity contribution in [3.63, 3.8) is 0 Å². The molecule has 0 amide bonds. The van der Waals surface area contributed by atoms with Crippen LogP contribution < -0.4 is 0 Å². The van der Waals surface area contributed by atoms with E-state index >= 15 is 0 Å². The average molecular weight is 178 g/mol. The van der Waals surface area contributed by atoms with Gasteiger partial charge in [0.25, 0.3) is 0 Å². The van der Waals surface area contributed by atoms with Gasteiger partial charge in [-0.2, -0.15) is 0 Å². The molecule has 0 N–H and O–H groups in total. The van der Waals surface area contributed by atoms with E-state index in [0.29, 0.717) is 0 Å². The fourth-order valence-corrected chi connectivity index (χ4v) is 2.86. The quantitative estimate of drug-likeness (QED) is 0.635. The van der Waals surface area contributed by atoms with Crippen LogP contribution in [-0.4, -0.2) is 5.25 Å². The van der Waals surface area contributed by atoms with Gasteiger partial charge in [-0.3, -0.25) is 0 Å². The number of fused-ring (bicyclic) bond motifs is 1. The second-order valence-corrected chi connectivity index (χ2v) is 4.59. The van der Waals surface area contributed by atoms with Gasteiger partial charge in [-0.15, -0.1) is 11.8 Å². The molecule has 64 valence electrons. The topological polar surface area (TPSA) is 0 Å². The van der Waals surface area contributed by atoms with E-state index in [-0.39, 0.29) is 0 Å². The molecule has 0 fully saturated rings. The summed E-state index contributed by atoms with van der Waals surface area (Å²) in [5.74, 6) is 0. The van der Waals surface area contributed by atoms with Gasteiger partial charge >= 0.3 is 0 Å². The summed E-state index contributed by atoms with van der Waals surface area (Å²) in [5.41, 5.74) is 1.46. The lowest BCUT2D eigenvalue weighted by Crippen LogP contribution is -1.92. The van der Waals surface area contributed by atoms with E-state index in [4.69, 9.17) is 0 Å². The molecular weight excluding hydrogens is 164 g/mol. The van der Waals surface area contributed by atoms with Crippen LogP contribution in [0.15, 0.2) is 34.8 Å². The summed E-state index contributed by atoms with van der Waals surface area (Å²) in [6.07, 6.45) is 13.0. The van der Waals surface area contributed by atoms with E-state index < -0.39 is 0 Å². The zero-order chi connectivity index (χ0) is 8.39. The largest absolute Gasteiger partial charge is 0.118 e. The Kier molecular flexibility index (Phi) is 2.40. The smallest absolute Gasteiger partial charge is 0.0283 e. The monoisotopic (exact) mass is 178 g/mol. The first-order valence-electron chi connectivity index (χ1n) is 4.67.